The van der Waals surface area contributed by atoms with Gasteiger partial charge in [-0.2, -0.15) is 0 Å². The van der Waals surface area contributed by atoms with E-state index in [4.69, 9.17) is 9.84 Å². The number of aromatic carboxylic acids is 1. The third-order valence-electron chi connectivity index (χ3n) is 3.12. The van der Waals surface area contributed by atoms with Gasteiger partial charge in [-0.15, -0.1) is 0 Å². The van der Waals surface area contributed by atoms with Gasteiger partial charge in [0.2, 0.25) is 0 Å². The summed E-state index contributed by atoms with van der Waals surface area (Å²) in [4.78, 5) is 10.8. The third kappa shape index (κ3) is 4.32. The fourth-order valence-electron chi connectivity index (χ4n) is 2.03. The molecule has 0 unspecified atom stereocenters. The summed E-state index contributed by atoms with van der Waals surface area (Å²) >= 11 is 6.96. The monoisotopic (exact) mass is 427 g/mol. The van der Waals surface area contributed by atoms with E-state index in [0.717, 1.165) is 25.8 Å². The summed E-state index contributed by atoms with van der Waals surface area (Å²) in [6, 6.07) is 10.9. The topological polar surface area (TPSA) is 58.6 Å². The van der Waals surface area contributed by atoms with Gasteiger partial charge in [-0.1, -0.05) is 12.1 Å². The zero-order chi connectivity index (χ0) is 16.1. The molecule has 0 saturated heterocycles. The fourth-order valence-corrected chi connectivity index (χ4v) is 3.63. The molecule has 2 aromatic carbocycles. The number of carboxylic acids is 1. The Morgan fingerprint density at radius 2 is 1.64 bits per heavy atom. The van der Waals surface area contributed by atoms with Gasteiger partial charge in [0.25, 0.3) is 0 Å². The molecule has 2 aromatic rings. The molecular formula is C16H15Br2NO3. The van der Waals surface area contributed by atoms with Crippen LogP contribution in [0.1, 0.15) is 21.5 Å². The summed E-state index contributed by atoms with van der Waals surface area (Å²) in [5.74, 6) is -0.138. The predicted octanol–water partition coefficient (Wildman–Crippen LogP) is 4.21. The van der Waals surface area contributed by atoms with E-state index in [0.29, 0.717) is 18.7 Å². The third-order valence-corrected chi connectivity index (χ3v) is 4.30. The van der Waals surface area contributed by atoms with Crippen molar-refractivity contribution in [1.82, 2.24) is 5.32 Å². The van der Waals surface area contributed by atoms with Crippen LogP contribution >= 0.6 is 31.9 Å². The Kier molecular flexibility index (Phi) is 5.99. The Morgan fingerprint density at radius 1 is 1.09 bits per heavy atom. The van der Waals surface area contributed by atoms with Crippen molar-refractivity contribution >= 4 is 37.8 Å². The smallest absolute Gasteiger partial charge is 0.335 e. The molecule has 0 saturated carbocycles. The van der Waals surface area contributed by atoms with Crippen LogP contribution in [0.4, 0.5) is 0 Å². The van der Waals surface area contributed by atoms with Gasteiger partial charge in [0.15, 0.2) is 0 Å². The van der Waals surface area contributed by atoms with Crippen LogP contribution in [0.2, 0.25) is 0 Å². The zero-order valence-corrected chi connectivity index (χ0v) is 15.1. The molecule has 0 aliphatic carbocycles. The van der Waals surface area contributed by atoms with Gasteiger partial charge in [0, 0.05) is 13.1 Å². The van der Waals surface area contributed by atoms with Crippen LogP contribution in [0.3, 0.4) is 0 Å². The lowest BCUT2D eigenvalue weighted by Gasteiger charge is -2.10. The molecule has 0 radical (unpaired) electrons. The number of benzene rings is 2. The van der Waals surface area contributed by atoms with E-state index in [1.54, 1.807) is 19.2 Å². The lowest BCUT2D eigenvalue weighted by molar-refractivity contribution is 0.0697. The van der Waals surface area contributed by atoms with Crippen molar-refractivity contribution in [2.24, 2.45) is 0 Å². The number of methoxy groups -OCH3 is 1. The molecule has 22 heavy (non-hydrogen) atoms. The van der Waals surface area contributed by atoms with Gasteiger partial charge in [-0.3, -0.25) is 0 Å². The Morgan fingerprint density at radius 3 is 2.14 bits per heavy atom. The molecule has 0 atom stereocenters. The maximum Gasteiger partial charge on any atom is 0.335 e. The highest BCUT2D eigenvalue weighted by Gasteiger charge is 2.07. The lowest BCUT2D eigenvalue weighted by Crippen LogP contribution is -2.13. The van der Waals surface area contributed by atoms with E-state index < -0.39 is 5.97 Å². The Bertz CT molecular complexity index is 649. The maximum absolute atomic E-state index is 10.8. The van der Waals surface area contributed by atoms with Gasteiger partial charge in [0.05, 0.1) is 21.6 Å². The van der Waals surface area contributed by atoms with Crippen molar-refractivity contribution in [2.75, 3.05) is 7.11 Å². The first-order chi connectivity index (χ1) is 10.5. The van der Waals surface area contributed by atoms with E-state index in [2.05, 4.69) is 37.2 Å². The summed E-state index contributed by atoms with van der Waals surface area (Å²) in [6.45, 7) is 1.36. The summed E-state index contributed by atoms with van der Waals surface area (Å²) in [7, 11) is 1.63. The minimum absolute atomic E-state index is 0.298. The average molecular weight is 429 g/mol. The highest BCUT2D eigenvalue weighted by atomic mass is 79.9. The number of halogens is 2. The molecule has 0 bridgehead atoms. The first kappa shape index (κ1) is 17.0. The number of hydrogen-bond donors (Lipinski definition) is 2. The van der Waals surface area contributed by atoms with Crippen LogP contribution < -0.4 is 10.1 Å². The van der Waals surface area contributed by atoms with Crippen molar-refractivity contribution in [3.05, 3.63) is 62.0 Å². The van der Waals surface area contributed by atoms with Crippen molar-refractivity contribution in [3.8, 4) is 5.75 Å². The Labute approximate surface area is 145 Å². The molecule has 0 aromatic heterocycles. The SMILES string of the molecule is COc1c(Br)cc(CNCc2ccc(C(=O)O)cc2)cc1Br. The van der Waals surface area contributed by atoms with E-state index in [1.807, 2.05) is 24.3 Å². The molecule has 0 amide bonds. The first-order valence-electron chi connectivity index (χ1n) is 6.56. The van der Waals surface area contributed by atoms with Gasteiger partial charge < -0.3 is 15.2 Å². The van der Waals surface area contributed by atoms with Gasteiger partial charge >= 0.3 is 5.97 Å². The molecule has 0 spiro atoms. The lowest BCUT2D eigenvalue weighted by atomic mass is 10.1. The molecule has 0 aliphatic heterocycles. The van der Waals surface area contributed by atoms with Crippen molar-refractivity contribution in [3.63, 3.8) is 0 Å². The molecular weight excluding hydrogens is 414 g/mol. The second-order valence-corrected chi connectivity index (χ2v) is 6.41. The number of rotatable bonds is 6. The number of carboxylic acid groups (broad SMARTS) is 1. The van der Waals surface area contributed by atoms with Gasteiger partial charge in [0.1, 0.15) is 5.75 Å². The van der Waals surface area contributed by atoms with E-state index in [1.165, 1.54) is 0 Å². The van der Waals surface area contributed by atoms with Crippen molar-refractivity contribution in [2.45, 2.75) is 13.1 Å². The highest BCUT2D eigenvalue weighted by Crippen LogP contribution is 2.34. The summed E-state index contributed by atoms with van der Waals surface area (Å²) in [5, 5.41) is 12.2. The standard InChI is InChI=1S/C16H15Br2NO3/c1-22-15-13(17)6-11(7-14(15)18)9-19-8-10-2-4-12(5-3-10)16(20)21/h2-7,19H,8-9H2,1H3,(H,20,21). The second kappa shape index (κ2) is 7.76. The minimum atomic E-state index is -0.910. The average Bonchev–Trinajstić information content (AvgIpc) is 2.47. The quantitative estimate of drug-likeness (QED) is 0.723. The van der Waals surface area contributed by atoms with Crippen LogP contribution in [-0.4, -0.2) is 18.2 Å². The van der Waals surface area contributed by atoms with Crippen molar-refractivity contribution < 1.29 is 14.6 Å². The number of nitrogens with one attached hydrogen (secondary N) is 1. The predicted molar refractivity (Wildman–Crippen MR) is 92.3 cm³/mol. The van der Waals surface area contributed by atoms with E-state index in [9.17, 15) is 4.79 Å². The molecule has 0 fully saturated rings. The van der Waals surface area contributed by atoms with Crippen LogP contribution in [0.15, 0.2) is 45.3 Å². The number of carbonyl (C=O) groups is 1. The molecule has 2 rings (SSSR count). The molecule has 0 heterocycles. The first-order valence-corrected chi connectivity index (χ1v) is 8.14. The van der Waals surface area contributed by atoms with Crippen LogP contribution in [0, 0.1) is 0 Å². The molecule has 116 valence electrons. The minimum Gasteiger partial charge on any atom is -0.494 e. The molecule has 4 nitrogen and oxygen atoms in total. The maximum atomic E-state index is 10.8. The van der Waals surface area contributed by atoms with Gasteiger partial charge in [-0.25, -0.2) is 4.79 Å². The van der Waals surface area contributed by atoms with Gasteiger partial charge in [-0.05, 0) is 67.3 Å². The second-order valence-electron chi connectivity index (χ2n) is 4.70. The molecule has 0 aliphatic rings. The zero-order valence-electron chi connectivity index (χ0n) is 11.9. The summed E-state index contributed by atoms with van der Waals surface area (Å²) in [6.07, 6.45) is 0. The Hall–Kier alpha value is -1.37. The van der Waals surface area contributed by atoms with Crippen molar-refractivity contribution in [1.29, 1.82) is 0 Å². The van der Waals surface area contributed by atoms with Crippen LogP contribution in [0.5, 0.6) is 5.75 Å². The largest absolute Gasteiger partial charge is 0.494 e. The van der Waals surface area contributed by atoms with E-state index >= 15 is 0 Å². The fraction of sp³-hybridized carbons (Fsp3) is 0.188. The molecule has 6 heteroatoms. The number of ether oxygens (including phenoxy) is 1. The Balaban J connectivity index is 1.95. The number of hydrogen-bond acceptors (Lipinski definition) is 3. The summed E-state index contributed by atoms with van der Waals surface area (Å²) in [5.41, 5.74) is 2.45. The highest BCUT2D eigenvalue weighted by molar-refractivity contribution is 9.11. The van der Waals surface area contributed by atoms with Crippen LogP contribution in [0.25, 0.3) is 0 Å². The normalized spacial score (nSPS) is 10.5. The van der Waals surface area contributed by atoms with Crippen LogP contribution in [-0.2, 0) is 13.1 Å². The molecule has 2 N–H and O–H groups in total. The summed E-state index contributed by atoms with van der Waals surface area (Å²) < 4.78 is 7.06. The van der Waals surface area contributed by atoms with E-state index in [-0.39, 0.29) is 0 Å².